The molecule has 9 nitrogen and oxygen atoms in total. The lowest BCUT2D eigenvalue weighted by atomic mass is 10.1. The smallest absolute Gasteiger partial charge is 0.243 e. The van der Waals surface area contributed by atoms with Gasteiger partial charge in [0.1, 0.15) is 10.6 Å². The molecule has 204 valence electrons. The number of piperazine rings is 1. The third kappa shape index (κ3) is 6.40. The molecule has 11 heteroatoms. The number of nitrogens with one attached hydrogen (secondary N) is 2. The second-order valence-corrected chi connectivity index (χ2v) is 12.8. The van der Waals surface area contributed by atoms with Gasteiger partial charge in [0.05, 0.1) is 24.2 Å². The van der Waals surface area contributed by atoms with Crippen molar-refractivity contribution < 1.29 is 21.6 Å². The van der Waals surface area contributed by atoms with Crippen LogP contribution in [0.1, 0.15) is 25.5 Å². The number of methoxy groups -OCH3 is 1. The number of para-hydroxylation sites is 2. The molecule has 1 atom stereocenters. The van der Waals surface area contributed by atoms with Crippen LogP contribution in [0.3, 0.4) is 0 Å². The fraction of sp³-hybridized carbons (Fsp3) is 0.333. The molecular weight excluding hydrogens is 524 g/mol. The zero-order valence-corrected chi connectivity index (χ0v) is 23.4. The molecule has 3 aromatic rings. The Morgan fingerprint density at radius 3 is 2.08 bits per heavy atom. The Kier molecular flexibility index (Phi) is 8.49. The van der Waals surface area contributed by atoms with Crippen molar-refractivity contribution in [1.29, 1.82) is 0 Å². The van der Waals surface area contributed by atoms with Gasteiger partial charge in [0.25, 0.3) is 0 Å². The molecule has 2 N–H and O–H groups in total. The first kappa shape index (κ1) is 27.7. The van der Waals surface area contributed by atoms with E-state index in [0.717, 1.165) is 17.0 Å². The summed E-state index contributed by atoms with van der Waals surface area (Å²) >= 11 is 0. The van der Waals surface area contributed by atoms with Gasteiger partial charge < -0.3 is 14.5 Å². The normalized spacial score (nSPS) is 15.2. The number of ether oxygens (including phenoxy) is 1. The SMILES string of the molecule is CCS(=O)(=O)Nc1ccc(N2CCN(c3ccccc3OC)CC2)c(S(=O)(=O)N[C@H](C)c2ccccc2)c1. The van der Waals surface area contributed by atoms with E-state index in [1.165, 1.54) is 13.0 Å². The third-order valence-corrected chi connectivity index (χ3v) is 9.46. The first-order chi connectivity index (χ1) is 18.1. The fourth-order valence-corrected chi connectivity index (χ4v) is 6.60. The van der Waals surface area contributed by atoms with Crippen LogP contribution < -0.4 is 24.0 Å². The Labute approximate surface area is 225 Å². The van der Waals surface area contributed by atoms with E-state index >= 15 is 0 Å². The Morgan fingerprint density at radius 1 is 0.842 bits per heavy atom. The molecule has 3 aromatic carbocycles. The summed E-state index contributed by atoms with van der Waals surface area (Å²) in [4.78, 5) is 4.26. The Balaban J connectivity index is 1.64. The number of hydrogen-bond donors (Lipinski definition) is 2. The second-order valence-electron chi connectivity index (χ2n) is 9.09. The average molecular weight is 559 g/mol. The molecule has 0 saturated carbocycles. The number of anilines is 3. The van der Waals surface area contributed by atoms with Gasteiger partial charge in [0.2, 0.25) is 20.0 Å². The molecule has 0 aliphatic carbocycles. The van der Waals surface area contributed by atoms with Crippen LogP contribution in [0, 0.1) is 0 Å². The van der Waals surface area contributed by atoms with Crippen molar-refractivity contribution in [2.45, 2.75) is 24.8 Å². The van der Waals surface area contributed by atoms with Crippen LogP contribution in [0.15, 0.2) is 77.7 Å². The van der Waals surface area contributed by atoms with Crippen LogP contribution in [-0.2, 0) is 20.0 Å². The zero-order chi connectivity index (χ0) is 27.3. The minimum Gasteiger partial charge on any atom is -0.495 e. The van der Waals surface area contributed by atoms with Crippen LogP contribution in [0.25, 0.3) is 0 Å². The summed E-state index contributed by atoms with van der Waals surface area (Å²) in [7, 11) is -5.95. The van der Waals surface area contributed by atoms with Crippen molar-refractivity contribution in [2.24, 2.45) is 0 Å². The van der Waals surface area contributed by atoms with Gasteiger partial charge in [-0.3, -0.25) is 4.72 Å². The largest absolute Gasteiger partial charge is 0.495 e. The van der Waals surface area contributed by atoms with Crippen molar-refractivity contribution in [3.8, 4) is 5.75 Å². The van der Waals surface area contributed by atoms with Gasteiger partial charge in [0, 0.05) is 37.9 Å². The maximum absolute atomic E-state index is 13.7. The summed E-state index contributed by atoms with van der Waals surface area (Å²) in [5, 5.41) is 0. The molecule has 1 aliphatic heterocycles. The third-order valence-electron chi connectivity index (χ3n) is 6.58. The van der Waals surface area contributed by atoms with Crippen LogP contribution >= 0.6 is 0 Å². The molecule has 0 aromatic heterocycles. The predicted molar refractivity (Wildman–Crippen MR) is 152 cm³/mol. The average Bonchev–Trinajstić information content (AvgIpc) is 2.93. The van der Waals surface area contributed by atoms with Gasteiger partial charge in [-0.25, -0.2) is 21.6 Å². The first-order valence-corrected chi connectivity index (χ1v) is 15.6. The van der Waals surface area contributed by atoms with Crippen molar-refractivity contribution >= 4 is 37.1 Å². The Morgan fingerprint density at radius 2 is 1.45 bits per heavy atom. The van der Waals surface area contributed by atoms with Gasteiger partial charge in [0.15, 0.2) is 0 Å². The van der Waals surface area contributed by atoms with Crippen molar-refractivity contribution in [3.63, 3.8) is 0 Å². The van der Waals surface area contributed by atoms with E-state index in [1.54, 1.807) is 26.2 Å². The number of benzene rings is 3. The number of nitrogens with zero attached hydrogens (tertiary/aromatic N) is 2. The highest BCUT2D eigenvalue weighted by Gasteiger charge is 2.28. The second kappa shape index (κ2) is 11.6. The molecule has 1 saturated heterocycles. The fourth-order valence-electron chi connectivity index (χ4n) is 4.49. The van der Waals surface area contributed by atoms with Gasteiger partial charge in [-0.15, -0.1) is 0 Å². The Bertz CT molecular complexity index is 1460. The van der Waals surface area contributed by atoms with Crippen molar-refractivity contribution in [2.75, 3.05) is 53.6 Å². The Hall–Kier alpha value is -3.28. The lowest BCUT2D eigenvalue weighted by molar-refractivity contribution is 0.413. The molecule has 0 spiro atoms. The predicted octanol–water partition coefficient (Wildman–Crippen LogP) is 3.82. The maximum Gasteiger partial charge on any atom is 0.243 e. The van der Waals surface area contributed by atoms with Gasteiger partial charge in [-0.1, -0.05) is 42.5 Å². The molecule has 1 heterocycles. The van der Waals surface area contributed by atoms with Crippen molar-refractivity contribution in [3.05, 3.63) is 78.4 Å². The summed E-state index contributed by atoms with van der Waals surface area (Å²) in [6.07, 6.45) is 0. The summed E-state index contributed by atoms with van der Waals surface area (Å²) in [6, 6.07) is 21.3. The highest BCUT2D eigenvalue weighted by atomic mass is 32.2. The summed E-state index contributed by atoms with van der Waals surface area (Å²) < 4.78 is 62.5. The number of sulfonamides is 2. The van der Waals surface area contributed by atoms with E-state index in [4.69, 9.17) is 4.74 Å². The van der Waals surface area contributed by atoms with E-state index in [1.807, 2.05) is 59.5 Å². The first-order valence-electron chi connectivity index (χ1n) is 12.5. The van der Waals surface area contributed by atoms with E-state index < -0.39 is 26.1 Å². The highest BCUT2D eigenvalue weighted by molar-refractivity contribution is 7.92. The monoisotopic (exact) mass is 558 g/mol. The standard InChI is InChI=1S/C27H34N4O5S2/c1-4-37(32,33)29-23-14-15-25(27(20-23)38(34,35)28-21(2)22-10-6-5-7-11-22)31-18-16-30(17-19-31)24-12-8-9-13-26(24)36-3/h5-15,20-21,28-29H,4,16-19H2,1-3H3/t21-/m1/s1. The van der Waals surface area contributed by atoms with Crippen LogP contribution in [0.5, 0.6) is 5.75 Å². The molecule has 0 amide bonds. The molecule has 0 unspecified atom stereocenters. The molecule has 0 bridgehead atoms. The summed E-state index contributed by atoms with van der Waals surface area (Å²) in [6.45, 7) is 5.79. The van der Waals surface area contributed by atoms with E-state index in [-0.39, 0.29) is 16.3 Å². The lowest BCUT2D eigenvalue weighted by Gasteiger charge is -2.38. The molecule has 1 aliphatic rings. The van der Waals surface area contributed by atoms with Crippen molar-refractivity contribution in [1.82, 2.24) is 4.72 Å². The van der Waals surface area contributed by atoms with Gasteiger partial charge in [-0.05, 0) is 49.7 Å². The number of rotatable bonds is 10. The quantitative estimate of drug-likeness (QED) is 0.390. The van der Waals surface area contributed by atoms with E-state index in [9.17, 15) is 16.8 Å². The van der Waals surface area contributed by atoms with E-state index in [0.29, 0.717) is 31.9 Å². The van der Waals surface area contributed by atoms with Gasteiger partial charge in [-0.2, -0.15) is 0 Å². The summed E-state index contributed by atoms with van der Waals surface area (Å²) in [5.41, 5.74) is 2.55. The van der Waals surface area contributed by atoms with Crippen LogP contribution in [0.4, 0.5) is 17.1 Å². The molecule has 1 fully saturated rings. The number of hydrogen-bond acceptors (Lipinski definition) is 7. The van der Waals surface area contributed by atoms with Gasteiger partial charge >= 0.3 is 0 Å². The minimum atomic E-state index is -4.01. The lowest BCUT2D eigenvalue weighted by Crippen LogP contribution is -2.47. The maximum atomic E-state index is 13.7. The summed E-state index contributed by atoms with van der Waals surface area (Å²) in [5.74, 6) is 0.668. The highest BCUT2D eigenvalue weighted by Crippen LogP contribution is 2.33. The zero-order valence-electron chi connectivity index (χ0n) is 21.8. The van der Waals surface area contributed by atoms with Crippen LogP contribution in [-0.4, -0.2) is 55.9 Å². The molecule has 4 rings (SSSR count). The van der Waals surface area contributed by atoms with Crippen LogP contribution in [0.2, 0.25) is 0 Å². The minimum absolute atomic E-state index is 0.0299. The van der Waals surface area contributed by atoms with E-state index in [2.05, 4.69) is 14.3 Å². The topological polar surface area (TPSA) is 108 Å². The molecule has 0 radical (unpaired) electrons. The molecule has 38 heavy (non-hydrogen) atoms. The molecular formula is C27H34N4O5S2.